The van der Waals surface area contributed by atoms with E-state index in [0.29, 0.717) is 22.6 Å². The summed E-state index contributed by atoms with van der Waals surface area (Å²) in [7, 11) is 1.54. The molecular formula is C25H22N4O4S. The second kappa shape index (κ2) is 11.9. The van der Waals surface area contributed by atoms with E-state index < -0.39 is 11.8 Å². The minimum absolute atomic E-state index is 0.0743. The van der Waals surface area contributed by atoms with Crippen LogP contribution in [0.5, 0.6) is 5.75 Å². The maximum atomic E-state index is 12.3. The van der Waals surface area contributed by atoms with E-state index in [0.717, 1.165) is 5.56 Å². The van der Waals surface area contributed by atoms with Gasteiger partial charge < -0.3 is 10.1 Å². The molecule has 0 aliphatic heterocycles. The van der Waals surface area contributed by atoms with Crippen molar-refractivity contribution in [1.82, 2.24) is 16.2 Å². The highest BCUT2D eigenvalue weighted by Crippen LogP contribution is 2.18. The number of benzene rings is 3. The lowest BCUT2D eigenvalue weighted by Crippen LogP contribution is -2.48. The Morgan fingerprint density at radius 1 is 0.794 bits per heavy atom. The molecular weight excluding hydrogens is 452 g/mol. The lowest BCUT2D eigenvalue weighted by atomic mass is 10.2. The normalized spacial score (nSPS) is 10.3. The summed E-state index contributed by atoms with van der Waals surface area (Å²) in [4.78, 5) is 36.6. The van der Waals surface area contributed by atoms with Crippen molar-refractivity contribution in [2.24, 2.45) is 0 Å². The Hall–Kier alpha value is -4.50. The first-order chi connectivity index (χ1) is 16.5. The number of hydrogen-bond donors (Lipinski definition) is 4. The van der Waals surface area contributed by atoms with E-state index in [1.165, 1.54) is 6.08 Å². The van der Waals surface area contributed by atoms with Gasteiger partial charge in [0.15, 0.2) is 5.11 Å². The molecule has 0 radical (unpaired) electrons. The van der Waals surface area contributed by atoms with Gasteiger partial charge in [-0.15, -0.1) is 0 Å². The van der Waals surface area contributed by atoms with Crippen LogP contribution >= 0.6 is 12.2 Å². The largest absolute Gasteiger partial charge is 0.496 e. The van der Waals surface area contributed by atoms with Crippen LogP contribution in [0.15, 0.2) is 84.9 Å². The lowest BCUT2D eigenvalue weighted by molar-refractivity contribution is -0.115. The number of amides is 3. The number of ether oxygens (including phenoxy) is 1. The van der Waals surface area contributed by atoms with Crippen LogP contribution in [0.3, 0.4) is 0 Å². The summed E-state index contributed by atoms with van der Waals surface area (Å²) in [6, 6.07) is 22.4. The van der Waals surface area contributed by atoms with E-state index in [1.807, 2.05) is 18.2 Å². The zero-order valence-electron chi connectivity index (χ0n) is 18.2. The van der Waals surface area contributed by atoms with Gasteiger partial charge in [-0.2, -0.15) is 0 Å². The fourth-order valence-electron chi connectivity index (χ4n) is 2.84. The first kappa shape index (κ1) is 24.1. The second-order valence-electron chi connectivity index (χ2n) is 6.87. The average molecular weight is 475 g/mol. The summed E-state index contributed by atoms with van der Waals surface area (Å²) in [6.45, 7) is 0. The van der Waals surface area contributed by atoms with Crippen LogP contribution in [0.1, 0.15) is 26.3 Å². The highest BCUT2D eigenvalue weighted by molar-refractivity contribution is 7.80. The molecule has 4 N–H and O–H groups in total. The highest BCUT2D eigenvalue weighted by Gasteiger charge is 2.09. The molecule has 0 saturated carbocycles. The van der Waals surface area contributed by atoms with Gasteiger partial charge in [0.05, 0.1) is 7.11 Å². The van der Waals surface area contributed by atoms with Crippen LogP contribution in [0.25, 0.3) is 6.08 Å². The van der Waals surface area contributed by atoms with Gasteiger partial charge in [-0.25, -0.2) is 0 Å². The molecule has 0 heterocycles. The van der Waals surface area contributed by atoms with Gasteiger partial charge in [-0.1, -0.05) is 36.4 Å². The number of hydrazine groups is 1. The molecule has 3 aromatic carbocycles. The summed E-state index contributed by atoms with van der Waals surface area (Å²) in [6.07, 6.45) is 2.89. The van der Waals surface area contributed by atoms with Crippen molar-refractivity contribution in [3.05, 3.63) is 102 Å². The van der Waals surface area contributed by atoms with Crippen molar-refractivity contribution in [3.63, 3.8) is 0 Å². The van der Waals surface area contributed by atoms with Gasteiger partial charge in [-0.3, -0.25) is 30.6 Å². The minimum Gasteiger partial charge on any atom is -0.496 e. The molecule has 0 spiro atoms. The van der Waals surface area contributed by atoms with Crippen molar-refractivity contribution in [1.29, 1.82) is 0 Å². The topological polar surface area (TPSA) is 109 Å². The molecule has 3 rings (SSSR count). The van der Waals surface area contributed by atoms with E-state index in [4.69, 9.17) is 17.0 Å². The minimum atomic E-state index is -0.476. The van der Waals surface area contributed by atoms with Crippen molar-refractivity contribution in [2.75, 3.05) is 12.4 Å². The number of anilines is 1. The third kappa shape index (κ3) is 7.01. The Kier molecular flexibility index (Phi) is 8.48. The average Bonchev–Trinajstić information content (AvgIpc) is 2.87. The number of nitrogens with one attached hydrogen (secondary N) is 4. The summed E-state index contributed by atoms with van der Waals surface area (Å²) in [5.74, 6) is -0.566. The van der Waals surface area contributed by atoms with Crippen molar-refractivity contribution in [2.45, 2.75) is 0 Å². The molecule has 0 fully saturated rings. The number of carbonyl (C=O) groups is 3. The summed E-state index contributed by atoms with van der Waals surface area (Å²) in [5, 5.41) is 5.12. The van der Waals surface area contributed by atoms with Crippen LogP contribution in [-0.2, 0) is 4.79 Å². The first-order valence-electron chi connectivity index (χ1n) is 10.1. The highest BCUT2D eigenvalue weighted by atomic mass is 32.1. The number of hydrogen-bond acceptors (Lipinski definition) is 5. The maximum Gasteiger partial charge on any atom is 0.269 e. The fraction of sp³-hybridized carbons (Fsp3) is 0.0400. The Morgan fingerprint density at radius 3 is 2.15 bits per heavy atom. The van der Waals surface area contributed by atoms with E-state index in [9.17, 15) is 14.4 Å². The number of methoxy groups -OCH3 is 1. The molecule has 0 atom stereocenters. The van der Waals surface area contributed by atoms with E-state index >= 15 is 0 Å². The van der Waals surface area contributed by atoms with Crippen LogP contribution in [0, 0.1) is 0 Å². The van der Waals surface area contributed by atoms with Crippen LogP contribution in [0.2, 0.25) is 0 Å². The Balaban J connectivity index is 1.46. The molecule has 172 valence electrons. The SMILES string of the molecule is COc1ccccc1/C=C/C(=O)NC(=S)NNC(=O)c1ccc(NC(=O)c2ccccc2)cc1. The van der Waals surface area contributed by atoms with Gasteiger partial charge in [0.2, 0.25) is 5.91 Å². The number of para-hydroxylation sites is 1. The zero-order valence-corrected chi connectivity index (χ0v) is 19.0. The molecule has 9 heteroatoms. The third-order valence-corrected chi connectivity index (χ3v) is 4.72. The standard InChI is InChI=1S/C25H22N4O4S/c1-33-21-10-6-5-7-17(21)13-16-22(30)27-25(34)29-28-24(32)19-11-14-20(15-12-19)26-23(31)18-8-3-2-4-9-18/h2-16H,1H3,(H,26,31)(H,28,32)(H2,27,29,30,34)/b16-13+. The predicted molar refractivity (Wildman–Crippen MR) is 134 cm³/mol. The van der Waals surface area contributed by atoms with Crippen LogP contribution < -0.4 is 26.2 Å². The molecule has 0 saturated heterocycles. The van der Waals surface area contributed by atoms with E-state index in [2.05, 4.69) is 21.5 Å². The molecule has 0 bridgehead atoms. The van der Waals surface area contributed by atoms with Crippen LogP contribution in [0.4, 0.5) is 5.69 Å². The van der Waals surface area contributed by atoms with Gasteiger partial charge >= 0.3 is 0 Å². The molecule has 8 nitrogen and oxygen atoms in total. The van der Waals surface area contributed by atoms with Crippen molar-refractivity contribution < 1.29 is 19.1 Å². The lowest BCUT2D eigenvalue weighted by Gasteiger charge is -2.10. The Morgan fingerprint density at radius 2 is 1.44 bits per heavy atom. The quantitative estimate of drug-likeness (QED) is 0.248. The molecule has 0 unspecified atom stereocenters. The number of rotatable bonds is 6. The van der Waals surface area contributed by atoms with Crippen molar-refractivity contribution >= 4 is 46.8 Å². The molecule has 0 aromatic heterocycles. The summed E-state index contributed by atoms with van der Waals surface area (Å²) >= 11 is 5.03. The van der Waals surface area contributed by atoms with E-state index in [1.54, 1.807) is 73.8 Å². The van der Waals surface area contributed by atoms with Gasteiger partial charge in [0, 0.05) is 28.5 Å². The Labute approximate surface area is 202 Å². The number of thiocarbonyl (C=S) groups is 1. The summed E-state index contributed by atoms with van der Waals surface area (Å²) in [5.41, 5.74) is 7.01. The smallest absolute Gasteiger partial charge is 0.269 e. The number of carbonyl (C=O) groups excluding carboxylic acids is 3. The zero-order chi connectivity index (χ0) is 24.3. The van der Waals surface area contributed by atoms with Crippen LogP contribution in [-0.4, -0.2) is 29.9 Å². The predicted octanol–water partition coefficient (Wildman–Crippen LogP) is 3.30. The molecule has 0 aliphatic carbocycles. The Bertz CT molecular complexity index is 1210. The fourth-order valence-corrected chi connectivity index (χ4v) is 2.99. The molecule has 3 aromatic rings. The maximum absolute atomic E-state index is 12.3. The summed E-state index contributed by atoms with van der Waals surface area (Å²) < 4.78 is 5.22. The second-order valence-corrected chi connectivity index (χ2v) is 7.28. The first-order valence-corrected chi connectivity index (χ1v) is 10.6. The van der Waals surface area contributed by atoms with Gasteiger partial charge in [0.25, 0.3) is 11.8 Å². The third-order valence-electron chi connectivity index (χ3n) is 4.52. The van der Waals surface area contributed by atoms with E-state index in [-0.39, 0.29) is 11.0 Å². The van der Waals surface area contributed by atoms with Gasteiger partial charge in [-0.05, 0) is 60.8 Å². The monoisotopic (exact) mass is 474 g/mol. The van der Waals surface area contributed by atoms with Gasteiger partial charge in [0.1, 0.15) is 5.75 Å². The molecule has 34 heavy (non-hydrogen) atoms. The van der Waals surface area contributed by atoms with Crippen molar-refractivity contribution in [3.8, 4) is 5.75 Å². The molecule has 0 aliphatic rings. The molecule has 3 amide bonds.